The minimum atomic E-state index is -0.804. The summed E-state index contributed by atoms with van der Waals surface area (Å²) in [6.45, 7) is 5.31. The van der Waals surface area contributed by atoms with E-state index in [1.807, 2.05) is 44.7 Å². The van der Waals surface area contributed by atoms with Gasteiger partial charge in [0.05, 0.1) is 0 Å². The molecule has 0 aliphatic heterocycles. The topological polar surface area (TPSA) is 77.4 Å². The van der Waals surface area contributed by atoms with Crippen molar-refractivity contribution in [3.8, 4) is 0 Å². The van der Waals surface area contributed by atoms with Crippen molar-refractivity contribution in [2.45, 2.75) is 33.2 Å². The van der Waals surface area contributed by atoms with Gasteiger partial charge in [-0.3, -0.25) is 9.59 Å². The Morgan fingerprint density at radius 3 is 2.48 bits per heavy atom. The van der Waals surface area contributed by atoms with Crippen LogP contribution in [0.5, 0.6) is 0 Å². The van der Waals surface area contributed by atoms with Crippen LogP contribution in [0, 0.1) is 20.8 Å². The Morgan fingerprint density at radius 2 is 1.90 bits per heavy atom. The monoisotopic (exact) mass is 416 g/mol. The largest absolute Gasteiger partial charge is 0.456 e. The minimum Gasteiger partial charge on any atom is -0.456 e. The lowest BCUT2D eigenvalue weighted by Gasteiger charge is -2.17. The molecule has 0 bridgehead atoms. The molecule has 0 aliphatic carbocycles. The highest BCUT2D eigenvalue weighted by atomic mass is 32.2. The SMILES string of the molecule is CSCC[C@@H](NC(=O)c1cccc(C)c1)C(=O)OCC(=O)c1cc(C)n(C)c1C. The van der Waals surface area contributed by atoms with Crippen molar-refractivity contribution >= 4 is 29.4 Å². The highest BCUT2D eigenvalue weighted by molar-refractivity contribution is 7.98. The number of benzene rings is 1. The molecular weight excluding hydrogens is 388 g/mol. The van der Waals surface area contributed by atoms with Crippen molar-refractivity contribution in [1.29, 1.82) is 0 Å². The number of hydrogen-bond donors (Lipinski definition) is 1. The molecule has 1 amide bonds. The number of Topliss-reactive ketones (excluding diaryl/α,β-unsaturated/α-hetero) is 1. The zero-order valence-corrected chi connectivity index (χ0v) is 18.4. The Morgan fingerprint density at radius 1 is 1.17 bits per heavy atom. The molecule has 29 heavy (non-hydrogen) atoms. The normalized spacial score (nSPS) is 11.8. The smallest absolute Gasteiger partial charge is 0.329 e. The fourth-order valence-corrected chi connectivity index (χ4v) is 3.44. The summed E-state index contributed by atoms with van der Waals surface area (Å²) < 4.78 is 7.18. The van der Waals surface area contributed by atoms with Crippen molar-refractivity contribution in [2.75, 3.05) is 18.6 Å². The third-order valence-corrected chi connectivity index (χ3v) is 5.55. The maximum absolute atomic E-state index is 12.6. The summed E-state index contributed by atoms with van der Waals surface area (Å²) in [6, 6.07) is 8.13. The maximum atomic E-state index is 12.6. The van der Waals surface area contributed by atoms with E-state index in [1.54, 1.807) is 36.0 Å². The molecule has 0 spiro atoms. The quantitative estimate of drug-likeness (QED) is 0.502. The second-order valence-corrected chi connectivity index (χ2v) is 8.04. The van der Waals surface area contributed by atoms with Crippen molar-refractivity contribution < 1.29 is 19.1 Å². The molecule has 1 aromatic heterocycles. The lowest BCUT2D eigenvalue weighted by Crippen LogP contribution is -2.42. The van der Waals surface area contributed by atoms with E-state index in [4.69, 9.17) is 4.74 Å². The fourth-order valence-electron chi connectivity index (χ4n) is 2.97. The first-order valence-electron chi connectivity index (χ1n) is 9.43. The summed E-state index contributed by atoms with van der Waals surface area (Å²) >= 11 is 1.57. The lowest BCUT2D eigenvalue weighted by atomic mass is 10.1. The van der Waals surface area contributed by atoms with E-state index in [0.717, 1.165) is 17.0 Å². The lowest BCUT2D eigenvalue weighted by molar-refractivity contribution is -0.144. The molecule has 1 N–H and O–H groups in total. The highest BCUT2D eigenvalue weighted by Crippen LogP contribution is 2.14. The van der Waals surface area contributed by atoms with E-state index in [0.29, 0.717) is 23.3 Å². The van der Waals surface area contributed by atoms with Gasteiger partial charge in [0.25, 0.3) is 5.91 Å². The number of rotatable bonds is 9. The van der Waals surface area contributed by atoms with Crippen LogP contribution in [0.1, 0.15) is 44.1 Å². The molecule has 0 unspecified atom stereocenters. The van der Waals surface area contributed by atoms with Gasteiger partial charge in [0.2, 0.25) is 5.78 Å². The average Bonchev–Trinajstić information content (AvgIpc) is 2.96. The number of carbonyl (C=O) groups excluding carboxylic acids is 3. The molecule has 0 saturated heterocycles. The summed E-state index contributed by atoms with van der Waals surface area (Å²) in [5.41, 5.74) is 3.77. The van der Waals surface area contributed by atoms with E-state index in [-0.39, 0.29) is 18.3 Å². The zero-order valence-electron chi connectivity index (χ0n) is 17.6. The van der Waals surface area contributed by atoms with Crippen molar-refractivity contribution in [1.82, 2.24) is 9.88 Å². The second-order valence-electron chi connectivity index (χ2n) is 7.05. The summed E-state index contributed by atoms with van der Waals surface area (Å²) in [4.78, 5) is 37.6. The molecule has 0 aliphatic rings. The Hall–Kier alpha value is -2.54. The van der Waals surface area contributed by atoms with Gasteiger partial charge < -0.3 is 14.6 Å². The second kappa shape index (κ2) is 10.3. The number of carbonyl (C=O) groups is 3. The molecule has 2 aromatic rings. The number of nitrogens with one attached hydrogen (secondary N) is 1. The molecule has 156 valence electrons. The van der Waals surface area contributed by atoms with Gasteiger partial charge in [-0.2, -0.15) is 11.8 Å². The van der Waals surface area contributed by atoms with Crippen LogP contribution in [0.3, 0.4) is 0 Å². The van der Waals surface area contributed by atoms with E-state index < -0.39 is 12.0 Å². The van der Waals surface area contributed by atoms with Gasteiger partial charge in [-0.15, -0.1) is 0 Å². The van der Waals surface area contributed by atoms with Gasteiger partial charge in [-0.1, -0.05) is 17.7 Å². The highest BCUT2D eigenvalue weighted by Gasteiger charge is 2.24. The van der Waals surface area contributed by atoms with E-state index in [1.165, 1.54) is 0 Å². The minimum absolute atomic E-state index is 0.256. The number of esters is 1. The Bertz CT molecular complexity index is 904. The van der Waals surface area contributed by atoms with Gasteiger partial charge in [0.15, 0.2) is 6.61 Å². The van der Waals surface area contributed by atoms with Crippen LogP contribution in [-0.4, -0.2) is 46.9 Å². The number of hydrogen-bond acceptors (Lipinski definition) is 5. The average molecular weight is 417 g/mol. The number of nitrogens with zero attached hydrogens (tertiary/aromatic N) is 1. The van der Waals surface area contributed by atoms with Crippen molar-refractivity contribution in [2.24, 2.45) is 7.05 Å². The van der Waals surface area contributed by atoms with Gasteiger partial charge in [-0.25, -0.2) is 4.79 Å². The van der Waals surface area contributed by atoms with Crippen LogP contribution < -0.4 is 5.32 Å². The molecule has 6 nitrogen and oxygen atoms in total. The van der Waals surface area contributed by atoms with Gasteiger partial charge in [0.1, 0.15) is 6.04 Å². The number of ketones is 1. The van der Waals surface area contributed by atoms with Crippen LogP contribution in [0.15, 0.2) is 30.3 Å². The Balaban J connectivity index is 2.03. The number of thioether (sulfide) groups is 1. The number of aryl methyl sites for hydroxylation is 2. The first kappa shape index (κ1) is 22.7. The molecule has 7 heteroatoms. The summed E-state index contributed by atoms with van der Waals surface area (Å²) in [5.74, 6) is -0.511. The van der Waals surface area contributed by atoms with Crippen LogP contribution in [0.2, 0.25) is 0 Å². The third-order valence-electron chi connectivity index (χ3n) is 4.90. The van der Waals surface area contributed by atoms with E-state index >= 15 is 0 Å². The van der Waals surface area contributed by atoms with Gasteiger partial charge >= 0.3 is 5.97 Å². The third kappa shape index (κ3) is 5.97. The zero-order chi connectivity index (χ0) is 21.6. The fraction of sp³-hybridized carbons (Fsp3) is 0.409. The number of aromatic nitrogens is 1. The summed E-state index contributed by atoms with van der Waals surface area (Å²) in [7, 11) is 1.88. The predicted molar refractivity (Wildman–Crippen MR) is 116 cm³/mol. The molecule has 0 fully saturated rings. The van der Waals surface area contributed by atoms with Gasteiger partial charge in [0, 0.05) is 29.6 Å². The summed E-state index contributed by atoms with van der Waals surface area (Å²) in [6.07, 6.45) is 2.35. The van der Waals surface area contributed by atoms with Crippen LogP contribution in [0.25, 0.3) is 0 Å². The number of ether oxygens (including phenoxy) is 1. The molecule has 0 radical (unpaired) electrons. The summed E-state index contributed by atoms with van der Waals surface area (Å²) in [5, 5.41) is 2.74. The Labute approximate surface area is 176 Å². The van der Waals surface area contributed by atoms with E-state index in [2.05, 4.69) is 5.32 Å². The van der Waals surface area contributed by atoms with Gasteiger partial charge in [-0.05, 0) is 57.4 Å². The molecule has 0 saturated carbocycles. The van der Waals surface area contributed by atoms with Crippen molar-refractivity contribution in [3.63, 3.8) is 0 Å². The van der Waals surface area contributed by atoms with E-state index in [9.17, 15) is 14.4 Å². The number of amides is 1. The first-order valence-corrected chi connectivity index (χ1v) is 10.8. The predicted octanol–water partition coefficient (Wildman–Crippen LogP) is 3.23. The Kier molecular flexibility index (Phi) is 8.08. The molecule has 2 rings (SSSR count). The molecule has 1 heterocycles. The molecule has 1 atom stereocenters. The maximum Gasteiger partial charge on any atom is 0.329 e. The van der Waals surface area contributed by atoms with Crippen LogP contribution in [-0.2, 0) is 16.6 Å². The standard InChI is InChI=1S/C22H28N2O4S/c1-14-7-6-8-17(11-14)21(26)23-19(9-10-29-5)22(27)28-13-20(25)18-12-15(2)24(4)16(18)3/h6-8,11-12,19H,9-10,13H2,1-5H3,(H,23,26)/t19-/m1/s1. The molecule has 1 aromatic carbocycles. The van der Waals surface area contributed by atoms with Crippen LogP contribution in [0.4, 0.5) is 0 Å². The van der Waals surface area contributed by atoms with Crippen molar-refractivity contribution in [3.05, 3.63) is 58.4 Å². The molecular formula is C22H28N2O4S. The van der Waals surface area contributed by atoms with Crippen LogP contribution >= 0.6 is 11.8 Å². The first-order chi connectivity index (χ1) is 13.7.